The lowest BCUT2D eigenvalue weighted by Crippen LogP contribution is -2.37. The van der Waals surface area contributed by atoms with E-state index < -0.39 is 29.5 Å². The van der Waals surface area contributed by atoms with E-state index in [1.54, 1.807) is 24.3 Å². The quantitative estimate of drug-likeness (QED) is 0.637. The van der Waals surface area contributed by atoms with E-state index in [2.05, 4.69) is 0 Å². The molecule has 0 radical (unpaired) electrons. The van der Waals surface area contributed by atoms with Crippen LogP contribution in [0.2, 0.25) is 0 Å². The van der Waals surface area contributed by atoms with Crippen molar-refractivity contribution in [2.75, 3.05) is 12.3 Å². The number of hydrogen-bond acceptors (Lipinski definition) is 6. The molecule has 0 saturated heterocycles. The minimum absolute atomic E-state index is 0.0173. The summed E-state index contributed by atoms with van der Waals surface area (Å²) in [5, 5.41) is 0. The van der Waals surface area contributed by atoms with Crippen LogP contribution in [0.1, 0.15) is 54.3 Å². The van der Waals surface area contributed by atoms with Crippen LogP contribution in [0.15, 0.2) is 42.5 Å². The highest BCUT2D eigenvalue weighted by Gasteiger charge is 2.41. The zero-order valence-electron chi connectivity index (χ0n) is 14.7. The van der Waals surface area contributed by atoms with Crippen molar-refractivity contribution in [2.24, 2.45) is 0 Å². The van der Waals surface area contributed by atoms with E-state index in [1.807, 2.05) is 0 Å². The van der Waals surface area contributed by atoms with Gasteiger partial charge in [-0.2, -0.15) is 0 Å². The molecule has 2 aliphatic rings. The summed E-state index contributed by atoms with van der Waals surface area (Å²) in [7, 11) is 0. The van der Waals surface area contributed by atoms with Gasteiger partial charge in [0.05, 0.1) is 22.3 Å². The molecule has 0 saturated carbocycles. The van der Waals surface area contributed by atoms with Crippen molar-refractivity contribution in [3.63, 3.8) is 0 Å². The van der Waals surface area contributed by atoms with Crippen molar-refractivity contribution < 1.29 is 24.0 Å². The van der Waals surface area contributed by atoms with Crippen LogP contribution in [0.3, 0.4) is 0 Å². The smallest absolute Gasteiger partial charge is 0.270 e. The molecular weight excluding hydrogens is 362 g/mol. The standard InChI is InChI=1S/C20H15N3O5/c21-14-8-3-7-13-16(14)20(28)23(19(13)27)15(24)9-4-10-22-17(25)11-5-1-2-6-12(11)18(22)26/h1-3,5-8H,4,9-10,21H2. The van der Waals surface area contributed by atoms with Gasteiger partial charge in [0.25, 0.3) is 23.6 Å². The van der Waals surface area contributed by atoms with Gasteiger partial charge in [0.2, 0.25) is 5.91 Å². The maximum atomic E-state index is 12.5. The lowest BCUT2D eigenvalue weighted by Gasteiger charge is -2.15. The van der Waals surface area contributed by atoms with E-state index in [4.69, 9.17) is 5.73 Å². The SMILES string of the molecule is Nc1cccc2c1C(=O)N(C(=O)CCCN1C(=O)c3ccccc3C1=O)C2=O. The molecule has 0 aromatic heterocycles. The number of hydrogen-bond donors (Lipinski definition) is 1. The number of nitrogen functional groups attached to an aromatic ring is 1. The van der Waals surface area contributed by atoms with Crippen LogP contribution in [0.4, 0.5) is 5.69 Å². The summed E-state index contributed by atoms with van der Waals surface area (Å²) in [5.41, 5.74) is 6.67. The van der Waals surface area contributed by atoms with Gasteiger partial charge in [0.1, 0.15) is 0 Å². The highest BCUT2D eigenvalue weighted by molar-refractivity contribution is 6.30. The van der Waals surface area contributed by atoms with E-state index in [0.717, 1.165) is 4.90 Å². The summed E-state index contributed by atoms with van der Waals surface area (Å²) in [4.78, 5) is 63.5. The van der Waals surface area contributed by atoms with Gasteiger partial charge < -0.3 is 5.73 Å². The number of carbonyl (C=O) groups excluding carboxylic acids is 5. The Kier molecular flexibility index (Phi) is 4.03. The van der Waals surface area contributed by atoms with Gasteiger partial charge in [-0.1, -0.05) is 18.2 Å². The minimum atomic E-state index is -0.746. The lowest BCUT2D eigenvalue weighted by atomic mass is 10.1. The van der Waals surface area contributed by atoms with Gasteiger partial charge in [-0.15, -0.1) is 0 Å². The molecule has 0 aliphatic carbocycles. The molecule has 2 aromatic rings. The number of anilines is 1. The molecule has 2 heterocycles. The van der Waals surface area contributed by atoms with Crippen LogP contribution in [-0.2, 0) is 4.79 Å². The first-order valence-electron chi connectivity index (χ1n) is 8.67. The first-order valence-corrected chi connectivity index (χ1v) is 8.67. The Hall–Kier alpha value is -3.81. The van der Waals surface area contributed by atoms with Crippen LogP contribution in [0.5, 0.6) is 0 Å². The van der Waals surface area contributed by atoms with Gasteiger partial charge in [-0.25, -0.2) is 4.90 Å². The summed E-state index contributed by atoms with van der Waals surface area (Å²) in [6, 6.07) is 11.0. The number of rotatable bonds is 4. The number of benzene rings is 2. The second-order valence-electron chi connectivity index (χ2n) is 6.52. The van der Waals surface area contributed by atoms with E-state index in [-0.39, 0.29) is 36.2 Å². The third kappa shape index (κ3) is 2.50. The van der Waals surface area contributed by atoms with Crippen molar-refractivity contribution >= 4 is 35.2 Å². The summed E-state index contributed by atoms with van der Waals surface area (Å²) < 4.78 is 0. The lowest BCUT2D eigenvalue weighted by molar-refractivity contribution is -0.126. The van der Waals surface area contributed by atoms with Gasteiger partial charge in [0, 0.05) is 18.7 Å². The van der Waals surface area contributed by atoms with Crippen molar-refractivity contribution in [1.29, 1.82) is 0 Å². The summed E-state index contributed by atoms with van der Waals surface area (Å²) >= 11 is 0. The molecule has 8 heteroatoms. The zero-order valence-corrected chi connectivity index (χ0v) is 14.7. The highest BCUT2D eigenvalue weighted by Crippen LogP contribution is 2.28. The molecule has 0 bridgehead atoms. The molecule has 0 spiro atoms. The number of nitrogens with zero attached hydrogens (tertiary/aromatic N) is 2. The molecule has 0 fully saturated rings. The Morgan fingerprint density at radius 3 is 2.00 bits per heavy atom. The van der Waals surface area contributed by atoms with E-state index >= 15 is 0 Å². The fraction of sp³-hybridized carbons (Fsp3) is 0.150. The number of imide groups is 4. The summed E-state index contributed by atoms with van der Waals surface area (Å²) in [6.07, 6.45) is -0.0357. The van der Waals surface area contributed by atoms with Crippen LogP contribution in [-0.4, -0.2) is 45.9 Å². The van der Waals surface area contributed by atoms with Crippen molar-refractivity contribution in [3.8, 4) is 0 Å². The van der Waals surface area contributed by atoms with Gasteiger partial charge in [-0.3, -0.25) is 28.9 Å². The van der Waals surface area contributed by atoms with Crippen molar-refractivity contribution in [1.82, 2.24) is 9.80 Å². The topological polar surface area (TPSA) is 118 Å². The molecule has 2 aliphatic heterocycles. The van der Waals surface area contributed by atoms with E-state index in [0.29, 0.717) is 16.0 Å². The third-order valence-corrected chi connectivity index (χ3v) is 4.85. The van der Waals surface area contributed by atoms with Gasteiger partial charge >= 0.3 is 0 Å². The van der Waals surface area contributed by atoms with Crippen LogP contribution in [0.25, 0.3) is 0 Å². The van der Waals surface area contributed by atoms with Gasteiger partial charge in [0.15, 0.2) is 0 Å². The van der Waals surface area contributed by atoms with Crippen molar-refractivity contribution in [3.05, 3.63) is 64.7 Å². The molecule has 5 amide bonds. The largest absolute Gasteiger partial charge is 0.398 e. The predicted molar refractivity (Wildman–Crippen MR) is 97.4 cm³/mol. The van der Waals surface area contributed by atoms with Crippen LogP contribution >= 0.6 is 0 Å². The van der Waals surface area contributed by atoms with Crippen molar-refractivity contribution in [2.45, 2.75) is 12.8 Å². The molecular formula is C20H15N3O5. The minimum Gasteiger partial charge on any atom is -0.398 e. The fourth-order valence-corrected chi connectivity index (χ4v) is 3.48. The maximum absolute atomic E-state index is 12.5. The number of nitrogens with two attached hydrogens (primary N) is 1. The molecule has 0 unspecified atom stereocenters. The first-order chi connectivity index (χ1) is 13.4. The average molecular weight is 377 g/mol. The molecule has 2 N–H and O–H groups in total. The molecule has 8 nitrogen and oxygen atoms in total. The summed E-state index contributed by atoms with van der Waals surface area (Å²) in [6.45, 7) is 0.0173. The van der Waals surface area contributed by atoms with Gasteiger partial charge in [-0.05, 0) is 30.7 Å². The molecule has 2 aromatic carbocycles. The number of amides is 5. The molecule has 28 heavy (non-hydrogen) atoms. The van der Waals surface area contributed by atoms with E-state index in [9.17, 15) is 24.0 Å². The Labute approximate surface area is 159 Å². The number of carbonyl (C=O) groups is 5. The molecule has 0 atom stereocenters. The monoisotopic (exact) mass is 377 g/mol. The van der Waals surface area contributed by atoms with E-state index in [1.165, 1.54) is 18.2 Å². The second kappa shape index (κ2) is 6.41. The Bertz CT molecular complexity index is 1040. The first kappa shape index (κ1) is 17.6. The maximum Gasteiger partial charge on any atom is 0.270 e. The fourth-order valence-electron chi connectivity index (χ4n) is 3.48. The van der Waals surface area contributed by atoms with Crippen LogP contribution in [0, 0.1) is 0 Å². The Morgan fingerprint density at radius 1 is 0.786 bits per heavy atom. The normalized spacial score (nSPS) is 15.3. The average Bonchev–Trinajstić information content (AvgIpc) is 3.08. The zero-order chi connectivity index (χ0) is 20.0. The number of fused-ring (bicyclic) bond motifs is 2. The Morgan fingerprint density at radius 2 is 1.39 bits per heavy atom. The molecule has 140 valence electrons. The Balaban J connectivity index is 1.42. The van der Waals surface area contributed by atoms with Crippen LogP contribution < -0.4 is 5.73 Å². The third-order valence-electron chi connectivity index (χ3n) is 4.85. The highest BCUT2D eigenvalue weighted by atomic mass is 16.2. The second-order valence-corrected chi connectivity index (χ2v) is 6.52. The predicted octanol–water partition coefficient (Wildman–Crippen LogP) is 1.47. The summed E-state index contributed by atoms with van der Waals surface area (Å²) in [5.74, 6) is -2.98. The molecule has 4 rings (SSSR count).